The predicted octanol–water partition coefficient (Wildman–Crippen LogP) is 3.28. The van der Waals surface area contributed by atoms with Crippen LogP contribution in [0.5, 0.6) is 0 Å². The van der Waals surface area contributed by atoms with Crippen LogP contribution < -0.4 is 0 Å². The topological polar surface area (TPSA) is 26.3 Å². The predicted molar refractivity (Wildman–Crippen MR) is 81.4 cm³/mol. The van der Waals surface area contributed by atoms with Crippen molar-refractivity contribution in [1.82, 2.24) is 0 Å². The van der Waals surface area contributed by atoms with E-state index in [2.05, 4.69) is 12.1 Å². The molecule has 3 rings (SSSR count). The number of benzene rings is 1. The molecular weight excluding hydrogens is 276 g/mol. The minimum Gasteiger partial charge on any atom is -0.369 e. The monoisotopic (exact) mass is 292 g/mol. The zero-order valence-electron chi connectivity index (χ0n) is 10.6. The molecule has 0 bridgehead atoms. The van der Waals surface area contributed by atoms with Crippen molar-refractivity contribution in [2.45, 2.75) is 23.2 Å². The van der Waals surface area contributed by atoms with Crippen molar-refractivity contribution < 1.29 is 9.53 Å². The molecule has 0 saturated carbocycles. The zero-order valence-corrected chi connectivity index (χ0v) is 12.2. The summed E-state index contributed by atoms with van der Waals surface area (Å²) in [6.07, 6.45) is 4.01. The first-order chi connectivity index (χ1) is 9.32. The molecule has 100 valence electrons. The maximum atomic E-state index is 11.2. The second-order valence-corrected chi connectivity index (χ2v) is 7.77. The van der Waals surface area contributed by atoms with Crippen molar-refractivity contribution >= 4 is 29.8 Å². The lowest BCUT2D eigenvalue weighted by Crippen LogP contribution is -2.20. The summed E-state index contributed by atoms with van der Waals surface area (Å²) in [4.78, 5) is 11.2. The van der Waals surface area contributed by atoms with Crippen LogP contribution in [0.3, 0.4) is 0 Å². The largest absolute Gasteiger partial charge is 0.369 e. The molecule has 1 spiro atoms. The Labute approximate surface area is 122 Å². The molecule has 1 heterocycles. The molecule has 19 heavy (non-hydrogen) atoms. The molecule has 1 unspecified atom stereocenters. The minimum absolute atomic E-state index is 0.0247. The molecule has 1 atom stereocenters. The van der Waals surface area contributed by atoms with Gasteiger partial charge in [0, 0.05) is 23.5 Å². The number of carbonyl (C=O) groups is 1. The summed E-state index contributed by atoms with van der Waals surface area (Å²) in [5, 5.41) is 0. The molecule has 2 nitrogen and oxygen atoms in total. The van der Waals surface area contributed by atoms with Gasteiger partial charge in [0.15, 0.2) is 0 Å². The van der Waals surface area contributed by atoms with Crippen LogP contribution in [0.2, 0.25) is 0 Å². The first kappa shape index (κ1) is 13.3. The van der Waals surface area contributed by atoms with Crippen molar-refractivity contribution in [3.63, 3.8) is 0 Å². The van der Waals surface area contributed by atoms with Crippen molar-refractivity contribution in [1.29, 1.82) is 0 Å². The third-order valence-corrected chi connectivity index (χ3v) is 6.98. The molecule has 1 aliphatic carbocycles. The minimum atomic E-state index is -0.0247. The molecular formula is C15H16O2S2. The van der Waals surface area contributed by atoms with Crippen molar-refractivity contribution in [3.8, 4) is 0 Å². The number of thioether (sulfide) groups is 2. The second-order valence-electron chi connectivity index (χ2n) is 4.73. The Morgan fingerprint density at radius 3 is 2.68 bits per heavy atom. The summed E-state index contributed by atoms with van der Waals surface area (Å²) in [5.74, 6) is 2.25. The Hall–Kier alpha value is -0.710. The molecule has 1 aromatic rings. The second kappa shape index (κ2) is 5.73. The van der Waals surface area contributed by atoms with Gasteiger partial charge in [0.05, 0.1) is 16.8 Å². The van der Waals surface area contributed by atoms with Crippen LogP contribution in [0.25, 0.3) is 0 Å². The molecule has 0 radical (unpaired) electrons. The van der Waals surface area contributed by atoms with Crippen LogP contribution in [0.1, 0.15) is 12.0 Å². The van der Waals surface area contributed by atoms with E-state index in [0.717, 1.165) is 29.8 Å². The highest BCUT2D eigenvalue weighted by molar-refractivity contribution is 8.21. The van der Waals surface area contributed by atoms with Gasteiger partial charge in [-0.3, -0.25) is 4.79 Å². The fourth-order valence-electron chi connectivity index (χ4n) is 2.52. The summed E-state index contributed by atoms with van der Waals surface area (Å²) in [6, 6.07) is 10.2. The zero-order chi connectivity index (χ0) is 13.1. The van der Waals surface area contributed by atoms with E-state index < -0.39 is 0 Å². The number of carbonyl (C=O) groups excluding carboxylic acids is 1. The van der Waals surface area contributed by atoms with Gasteiger partial charge in [0.1, 0.15) is 6.29 Å². The third-order valence-electron chi connectivity index (χ3n) is 3.46. The van der Waals surface area contributed by atoms with Crippen LogP contribution in [0, 0.1) is 0 Å². The quantitative estimate of drug-likeness (QED) is 0.796. The van der Waals surface area contributed by atoms with E-state index in [-0.39, 0.29) is 10.2 Å². The van der Waals surface area contributed by atoms with E-state index in [1.807, 2.05) is 47.8 Å². The smallest absolute Gasteiger partial charge is 0.148 e. The van der Waals surface area contributed by atoms with Gasteiger partial charge in [-0.1, -0.05) is 30.3 Å². The van der Waals surface area contributed by atoms with Crippen molar-refractivity contribution in [2.75, 3.05) is 11.5 Å². The standard InChI is InChI=1S/C15H16O2S2/c16-10-13-8-14(9-15(13)18-6-7-19-15)17-11-12-4-2-1-3-5-12/h1-5,8,10,14H,6-7,9,11H2. The lowest BCUT2D eigenvalue weighted by molar-refractivity contribution is -0.105. The summed E-state index contributed by atoms with van der Waals surface area (Å²) in [5.41, 5.74) is 2.09. The van der Waals surface area contributed by atoms with Crippen LogP contribution in [-0.2, 0) is 16.1 Å². The van der Waals surface area contributed by atoms with E-state index in [1.165, 1.54) is 5.56 Å². The highest BCUT2D eigenvalue weighted by atomic mass is 32.2. The van der Waals surface area contributed by atoms with Gasteiger partial charge in [-0.2, -0.15) is 0 Å². The van der Waals surface area contributed by atoms with Crippen LogP contribution >= 0.6 is 23.5 Å². The van der Waals surface area contributed by atoms with Crippen LogP contribution in [0.15, 0.2) is 42.0 Å². The third kappa shape index (κ3) is 2.76. The average Bonchev–Trinajstić information content (AvgIpc) is 3.06. The van der Waals surface area contributed by atoms with E-state index in [0.29, 0.717) is 6.61 Å². The normalized spacial score (nSPS) is 24.6. The molecule has 1 aliphatic heterocycles. The van der Waals surface area contributed by atoms with Crippen LogP contribution in [-0.4, -0.2) is 28.0 Å². The molecule has 4 heteroatoms. The summed E-state index contributed by atoms with van der Waals surface area (Å²) >= 11 is 3.79. The van der Waals surface area contributed by atoms with E-state index >= 15 is 0 Å². The number of hydrogen-bond acceptors (Lipinski definition) is 4. The lowest BCUT2D eigenvalue weighted by atomic mass is 10.2. The van der Waals surface area contributed by atoms with E-state index in [4.69, 9.17) is 4.74 Å². The summed E-state index contributed by atoms with van der Waals surface area (Å²) < 4.78 is 5.92. The Balaban J connectivity index is 1.64. The lowest BCUT2D eigenvalue weighted by Gasteiger charge is -2.23. The molecule has 1 fully saturated rings. The summed E-state index contributed by atoms with van der Waals surface area (Å²) in [7, 11) is 0. The average molecular weight is 292 g/mol. The van der Waals surface area contributed by atoms with Gasteiger partial charge in [-0.15, -0.1) is 23.5 Å². The maximum absolute atomic E-state index is 11.2. The first-order valence-electron chi connectivity index (χ1n) is 6.43. The van der Waals surface area contributed by atoms with Gasteiger partial charge in [0.25, 0.3) is 0 Å². The molecule has 1 aromatic carbocycles. The Morgan fingerprint density at radius 2 is 2.00 bits per heavy atom. The molecule has 2 aliphatic rings. The number of hydrogen-bond donors (Lipinski definition) is 0. The Kier molecular flexibility index (Phi) is 4.01. The van der Waals surface area contributed by atoms with Crippen molar-refractivity contribution in [3.05, 3.63) is 47.5 Å². The molecule has 1 saturated heterocycles. The summed E-state index contributed by atoms with van der Waals surface area (Å²) in [6.45, 7) is 0.611. The number of ether oxygens (including phenoxy) is 1. The fraction of sp³-hybridized carbons (Fsp3) is 0.400. The van der Waals surface area contributed by atoms with E-state index in [9.17, 15) is 4.79 Å². The van der Waals surface area contributed by atoms with Gasteiger partial charge in [-0.25, -0.2) is 0 Å². The molecule has 0 amide bonds. The maximum Gasteiger partial charge on any atom is 0.148 e. The molecule has 0 N–H and O–H groups in total. The highest BCUT2D eigenvalue weighted by Gasteiger charge is 2.45. The first-order valence-corrected chi connectivity index (χ1v) is 8.40. The Bertz CT molecular complexity index is 478. The number of aldehydes is 1. The van der Waals surface area contributed by atoms with Gasteiger partial charge in [-0.05, 0) is 11.6 Å². The molecule has 0 aromatic heterocycles. The van der Waals surface area contributed by atoms with Crippen LogP contribution in [0.4, 0.5) is 0 Å². The number of rotatable bonds is 4. The van der Waals surface area contributed by atoms with Gasteiger partial charge >= 0.3 is 0 Å². The van der Waals surface area contributed by atoms with Crippen molar-refractivity contribution in [2.24, 2.45) is 0 Å². The highest BCUT2D eigenvalue weighted by Crippen LogP contribution is 2.54. The fourth-order valence-corrected chi connectivity index (χ4v) is 5.81. The van der Waals surface area contributed by atoms with Gasteiger partial charge in [0.2, 0.25) is 0 Å². The van der Waals surface area contributed by atoms with Gasteiger partial charge < -0.3 is 4.74 Å². The van der Waals surface area contributed by atoms with E-state index in [1.54, 1.807) is 0 Å². The SMILES string of the molecule is O=CC1=CC(OCc2ccccc2)CC12SCCS2. The Morgan fingerprint density at radius 1 is 1.26 bits per heavy atom.